The fourth-order valence-electron chi connectivity index (χ4n) is 2.21. The number of thiophene rings is 1. The second-order valence-corrected chi connectivity index (χ2v) is 6.22. The third-order valence-electron chi connectivity index (χ3n) is 3.27. The lowest BCUT2D eigenvalue weighted by molar-refractivity contribution is -0.139. The van der Waals surface area contributed by atoms with Crippen LogP contribution in [0.5, 0.6) is 0 Å². The Hall–Kier alpha value is -1.91. The molecule has 2 heterocycles. The third-order valence-corrected chi connectivity index (χ3v) is 4.15. The minimum absolute atomic E-state index is 0.00307. The second kappa shape index (κ2) is 8.09. The van der Waals surface area contributed by atoms with Crippen LogP contribution in [0.15, 0.2) is 17.5 Å². The summed E-state index contributed by atoms with van der Waals surface area (Å²) < 4.78 is 5.19. The van der Waals surface area contributed by atoms with Gasteiger partial charge in [0.05, 0.1) is 31.3 Å². The highest BCUT2D eigenvalue weighted by molar-refractivity contribution is 7.10. The van der Waals surface area contributed by atoms with E-state index in [9.17, 15) is 19.4 Å². The Balaban J connectivity index is 1.85. The maximum absolute atomic E-state index is 11.8. The van der Waals surface area contributed by atoms with Crippen molar-refractivity contribution in [3.8, 4) is 0 Å². The summed E-state index contributed by atoms with van der Waals surface area (Å²) >= 11 is 1.46. The summed E-state index contributed by atoms with van der Waals surface area (Å²) in [5.74, 6) is -2.60. The zero-order valence-electron chi connectivity index (χ0n) is 12.2. The minimum atomic E-state index is -1.38. The molecule has 2 atom stereocenters. The number of hydrogen-bond donors (Lipinski definition) is 4. The van der Waals surface area contributed by atoms with Crippen LogP contribution >= 0.6 is 11.3 Å². The van der Waals surface area contributed by atoms with Crippen molar-refractivity contribution in [2.45, 2.75) is 31.3 Å². The average molecular weight is 340 g/mol. The van der Waals surface area contributed by atoms with Crippen molar-refractivity contribution >= 4 is 36.2 Å². The molecule has 23 heavy (non-hydrogen) atoms. The van der Waals surface area contributed by atoms with E-state index in [2.05, 4.69) is 10.6 Å². The van der Waals surface area contributed by atoms with Crippen molar-refractivity contribution in [1.82, 2.24) is 10.6 Å². The summed E-state index contributed by atoms with van der Waals surface area (Å²) in [5, 5.41) is 25.7. The van der Waals surface area contributed by atoms with Crippen LogP contribution in [-0.4, -0.2) is 53.6 Å². The van der Waals surface area contributed by atoms with Crippen molar-refractivity contribution in [1.29, 1.82) is 0 Å². The maximum atomic E-state index is 11.8. The van der Waals surface area contributed by atoms with E-state index in [-0.39, 0.29) is 31.7 Å². The molecule has 124 valence electrons. The van der Waals surface area contributed by atoms with Crippen molar-refractivity contribution in [3.63, 3.8) is 0 Å². The van der Waals surface area contributed by atoms with Crippen LogP contribution in [0.1, 0.15) is 17.7 Å². The van der Waals surface area contributed by atoms with Gasteiger partial charge in [0, 0.05) is 11.4 Å². The van der Waals surface area contributed by atoms with Gasteiger partial charge in [-0.25, -0.2) is 0 Å². The van der Waals surface area contributed by atoms with E-state index in [1.54, 1.807) is 0 Å². The minimum Gasteiger partial charge on any atom is -0.481 e. The van der Waals surface area contributed by atoms with Crippen LogP contribution in [0.25, 0.3) is 0 Å². The van der Waals surface area contributed by atoms with Gasteiger partial charge in [0.15, 0.2) is 0 Å². The highest BCUT2D eigenvalue weighted by Gasteiger charge is 2.36. The molecule has 2 rings (SSSR count). The Morgan fingerprint density at radius 1 is 1.52 bits per heavy atom. The summed E-state index contributed by atoms with van der Waals surface area (Å²) in [6.07, 6.45) is -1.20. The topological polar surface area (TPSA) is 125 Å². The number of hydrogen-bond acceptors (Lipinski definition) is 6. The first-order valence-electron chi connectivity index (χ1n) is 7.08. The molecule has 1 aromatic heterocycles. The van der Waals surface area contributed by atoms with Gasteiger partial charge in [-0.1, -0.05) is 6.07 Å². The van der Waals surface area contributed by atoms with Crippen LogP contribution in [0.3, 0.4) is 0 Å². The maximum Gasteiger partial charge on any atom is 0.480 e. The number of carboxylic acids is 1. The van der Waals surface area contributed by atoms with Crippen LogP contribution < -0.4 is 10.6 Å². The Morgan fingerprint density at radius 2 is 2.30 bits per heavy atom. The Kier molecular flexibility index (Phi) is 6.14. The van der Waals surface area contributed by atoms with E-state index in [0.29, 0.717) is 0 Å². The molecule has 1 saturated heterocycles. The molecule has 0 saturated carbocycles. The highest BCUT2D eigenvalue weighted by Crippen LogP contribution is 2.12. The molecular weight excluding hydrogens is 323 g/mol. The predicted octanol–water partition coefficient (Wildman–Crippen LogP) is -0.825. The first-order valence-corrected chi connectivity index (χ1v) is 7.95. The quantitative estimate of drug-likeness (QED) is 0.501. The summed E-state index contributed by atoms with van der Waals surface area (Å²) in [7, 11) is -1.38. The Labute approximate surface area is 137 Å². The van der Waals surface area contributed by atoms with Gasteiger partial charge in [0.2, 0.25) is 11.8 Å². The van der Waals surface area contributed by atoms with E-state index in [1.165, 1.54) is 11.3 Å². The highest BCUT2D eigenvalue weighted by atomic mass is 32.1. The lowest BCUT2D eigenvalue weighted by Gasteiger charge is -2.19. The number of carbonyl (C=O) groups excluding carboxylic acids is 2. The van der Waals surface area contributed by atoms with E-state index >= 15 is 0 Å². The molecule has 1 aliphatic rings. The summed E-state index contributed by atoms with van der Waals surface area (Å²) in [6.45, 7) is -0.00307. The summed E-state index contributed by atoms with van der Waals surface area (Å²) in [5.41, 5.74) is 0. The molecule has 8 nitrogen and oxygen atoms in total. The average Bonchev–Trinajstić information content (AvgIpc) is 2.90. The SMILES string of the molecule is O=C(O)CC1CC(=O)N[C@H](CNC(=O)Cc2cccs2)B(O)O1. The molecule has 1 unspecified atom stereocenters. The van der Waals surface area contributed by atoms with Crippen molar-refractivity contribution in [2.75, 3.05) is 6.54 Å². The van der Waals surface area contributed by atoms with Gasteiger partial charge >= 0.3 is 13.1 Å². The summed E-state index contributed by atoms with van der Waals surface area (Å²) in [6, 6.07) is 3.69. The van der Waals surface area contributed by atoms with Gasteiger partial charge in [-0.15, -0.1) is 11.3 Å². The molecule has 10 heteroatoms. The van der Waals surface area contributed by atoms with Gasteiger partial charge < -0.3 is 25.4 Å². The molecule has 1 fully saturated rings. The van der Waals surface area contributed by atoms with Gasteiger partial charge in [0.1, 0.15) is 0 Å². The molecule has 1 aromatic rings. The number of carbonyl (C=O) groups is 3. The monoisotopic (exact) mass is 340 g/mol. The predicted molar refractivity (Wildman–Crippen MR) is 82.7 cm³/mol. The number of aliphatic carboxylic acids is 1. The molecule has 0 aromatic carbocycles. The molecule has 0 spiro atoms. The molecule has 0 aliphatic carbocycles. The second-order valence-electron chi connectivity index (χ2n) is 5.18. The lowest BCUT2D eigenvalue weighted by atomic mass is 9.78. The van der Waals surface area contributed by atoms with Crippen LogP contribution in [0.4, 0.5) is 0 Å². The zero-order chi connectivity index (χ0) is 16.8. The fourth-order valence-corrected chi connectivity index (χ4v) is 2.91. The fraction of sp³-hybridized carbons (Fsp3) is 0.462. The van der Waals surface area contributed by atoms with Crippen LogP contribution in [0, 0.1) is 0 Å². The van der Waals surface area contributed by atoms with Crippen molar-refractivity contribution in [3.05, 3.63) is 22.4 Å². The number of nitrogens with one attached hydrogen (secondary N) is 2. The third kappa shape index (κ3) is 5.66. The smallest absolute Gasteiger partial charge is 0.480 e. The standard InChI is InChI=1S/C13H17BN2O6S/c17-11(6-9-2-1-3-23-9)15-7-10-14(21)22-8(5-13(19)20)4-12(18)16-10/h1-3,8,10,21H,4-7H2,(H,15,17)(H,16,18)(H,19,20)/t8?,10-/m1/s1. The van der Waals surface area contributed by atoms with E-state index in [0.717, 1.165) is 4.88 Å². The molecular formula is C13H17BN2O6S. The van der Waals surface area contributed by atoms with E-state index in [4.69, 9.17) is 9.76 Å². The van der Waals surface area contributed by atoms with Crippen LogP contribution in [0.2, 0.25) is 0 Å². The van der Waals surface area contributed by atoms with Crippen LogP contribution in [-0.2, 0) is 25.5 Å². The normalized spacial score (nSPS) is 21.4. The number of rotatable bonds is 6. The van der Waals surface area contributed by atoms with Gasteiger partial charge in [-0.2, -0.15) is 0 Å². The summed E-state index contributed by atoms with van der Waals surface area (Å²) in [4.78, 5) is 35.1. The number of carboxylic acid groups (broad SMARTS) is 1. The first kappa shape index (κ1) is 17.4. The van der Waals surface area contributed by atoms with Gasteiger partial charge in [-0.05, 0) is 11.4 Å². The first-order chi connectivity index (χ1) is 10.9. The van der Waals surface area contributed by atoms with Gasteiger partial charge in [-0.3, -0.25) is 14.4 Å². The zero-order valence-corrected chi connectivity index (χ0v) is 13.0. The van der Waals surface area contributed by atoms with E-state index in [1.807, 2.05) is 17.5 Å². The number of amides is 2. The van der Waals surface area contributed by atoms with Crippen molar-refractivity contribution < 1.29 is 29.2 Å². The lowest BCUT2D eigenvalue weighted by Crippen LogP contribution is -2.52. The molecule has 1 aliphatic heterocycles. The Morgan fingerprint density at radius 3 is 2.96 bits per heavy atom. The Bertz CT molecular complexity index is 567. The molecule has 4 N–H and O–H groups in total. The van der Waals surface area contributed by atoms with Gasteiger partial charge in [0.25, 0.3) is 0 Å². The molecule has 2 amide bonds. The van der Waals surface area contributed by atoms with Crippen molar-refractivity contribution in [2.24, 2.45) is 0 Å². The largest absolute Gasteiger partial charge is 0.481 e. The van der Waals surface area contributed by atoms with E-state index < -0.39 is 31.0 Å². The molecule has 0 bridgehead atoms. The molecule has 0 radical (unpaired) electrons.